The molecule has 0 fully saturated rings. The summed E-state index contributed by atoms with van der Waals surface area (Å²) < 4.78 is 11.0. The Morgan fingerprint density at radius 1 is 0.923 bits per heavy atom. The molecule has 0 amide bonds. The molecule has 2 aromatic carbocycles. The fraction of sp³-hybridized carbons (Fsp3) is 0.211. The maximum Gasteiger partial charge on any atom is 0.377 e. The number of aromatic hydroxyl groups is 1. The van der Waals surface area contributed by atoms with E-state index in [1.54, 1.807) is 6.07 Å². The van der Waals surface area contributed by atoms with Crippen molar-refractivity contribution in [1.29, 1.82) is 0 Å². The molecule has 2 rings (SSSR count). The second kappa shape index (κ2) is 8.66. The van der Waals surface area contributed by atoms with Gasteiger partial charge in [0.15, 0.2) is 5.78 Å². The number of benzene rings is 2. The molecule has 0 aliphatic carbocycles. The van der Waals surface area contributed by atoms with E-state index in [0.29, 0.717) is 31.1 Å². The highest BCUT2D eigenvalue weighted by atomic mass is 16.5. The summed E-state index contributed by atoms with van der Waals surface area (Å²) in [6, 6.07) is 10.3. The van der Waals surface area contributed by atoms with Gasteiger partial charge in [-0.25, -0.2) is 4.79 Å². The Hall–Kier alpha value is -3.35. The predicted octanol–water partition coefficient (Wildman–Crippen LogP) is 2.71. The summed E-state index contributed by atoms with van der Waals surface area (Å²) in [5.74, 6) is -1.86. The Kier molecular flexibility index (Phi) is 6.32. The lowest BCUT2D eigenvalue weighted by atomic mass is 10.1. The summed E-state index contributed by atoms with van der Waals surface area (Å²) in [5.41, 5.74) is 0.326. The lowest BCUT2D eigenvalue weighted by molar-refractivity contribution is -0.131. The number of carboxylic acids is 1. The highest BCUT2D eigenvalue weighted by Crippen LogP contribution is 2.24. The van der Waals surface area contributed by atoms with E-state index in [1.165, 1.54) is 43.3 Å². The topological polar surface area (TPSA) is 110 Å². The van der Waals surface area contributed by atoms with E-state index < -0.39 is 11.8 Å². The van der Waals surface area contributed by atoms with Crippen LogP contribution in [0.5, 0.6) is 17.2 Å². The molecule has 0 aromatic heterocycles. The van der Waals surface area contributed by atoms with Gasteiger partial charge in [0, 0.05) is 18.1 Å². The van der Waals surface area contributed by atoms with Gasteiger partial charge in [0.2, 0.25) is 0 Å². The Labute approximate surface area is 149 Å². The number of carboxylic acid groups (broad SMARTS) is 1. The zero-order chi connectivity index (χ0) is 19.1. The van der Waals surface area contributed by atoms with Crippen LogP contribution in [0.3, 0.4) is 0 Å². The van der Waals surface area contributed by atoms with Crippen LogP contribution in [-0.2, 0) is 4.79 Å². The van der Waals surface area contributed by atoms with Gasteiger partial charge in [-0.3, -0.25) is 9.59 Å². The Bertz CT molecular complexity index is 809. The number of Topliss-reactive ketones (excluding diaryl/α,β-unsaturated/α-hetero) is 2. The van der Waals surface area contributed by atoms with Crippen LogP contribution < -0.4 is 9.47 Å². The fourth-order valence-corrected chi connectivity index (χ4v) is 2.16. The van der Waals surface area contributed by atoms with E-state index in [-0.39, 0.29) is 22.7 Å². The predicted molar refractivity (Wildman–Crippen MR) is 92.1 cm³/mol. The molecule has 0 bridgehead atoms. The van der Waals surface area contributed by atoms with Crippen LogP contribution in [0.15, 0.2) is 42.5 Å². The molecule has 0 aliphatic heterocycles. The molecule has 26 heavy (non-hydrogen) atoms. The highest BCUT2D eigenvalue weighted by molar-refractivity contribution is 6.39. The maximum absolute atomic E-state index is 11.3. The third-order valence-corrected chi connectivity index (χ3v) is 3.49. The third kappa shape index (κ3) is 5.07. The van der Waals surface area contributed by atoms with E-state index in [0.717, 1.165) is 0 Å². The van der Waals surface area contributed by atoms with Gasteiger partial charge in [-0.1, -0.05) is 0 Å². The van der Waals surface area contributed by atoms with Crippen LogP contribution in [0, 0.1) is 0 Å². The zero-order valence-electron chi connectivity index (χ0n) is 14.1. The van der Waals surface area contributed by atoms with E-state index in [1.807, 2.05) is 0 Å². The number of aliphatic carboxylic acids is 1. The minimum absolute atomic E-state index is 0.0852. The van der Waals surface area contributed by atoms with Gasteiger partial charge in [-0.05, 0) is 43.3 Å². The molecular weight excluding hydrogens is 340 g/mol. The smallest absolute Gasteiger partial charge is 0.377 e. The van der Waals surface area contributed by atoms with Gasteiger partial charge < -0.3 is 19.7 Å². The minimum atomic E-state index is -1.50. The molecule has 0 saturated carbocycles. The first kappa shape index (κ1) is 19.0. The van der Waals surface area contributed by atoms with Gasteiger partial charge in [-0.2, -0.15) is 0 Å². The van der Waals surface area contributed by atoms with Crippen LogP contribution >= 0.6 is 0 Å². The van der Waals surface area contributed by atoms with E-state index in [9.17, 15) is 19.5 Å². The van der Waals surface area contributed by atoms with Crippen LogP contribution in [0.25, 0.3) is 0 Å². The average molecular weight is 358 g/mol. The summed E-state index contributed by atoms with van der Waals surface area (Å²) >= 11 is 0. The average Bonchev–Trinajstić information content (AvgIpc) is 2.61. The number of hydrogen-bond acceptors (Lipinski definition) is 6. The lowest BCUT2D eigenvalue weighted by Gasteiger charge is -2.09. The van der Waals surface area contributed by atoms with Crippen LogP contribution in [0.4, 0.5) is 0 Å². The van der Waals surface area contributed by atoms with Gasteiger partial charge in [-0.15, -0.1) is 0 Å². The third-order valence-electron chi connectivity index (χ3n) is 3.49. The lowest BCUT2D eigenvalue weighted by Crippen LogP contribution is -2.12. The Morgan fingerprint density at radius 2 is 1.50 bits per heavy atom. The molecule has 0 spiro atoms. The van der Waals surface area contributed by atoms with Crippen molar-refractivity contribution in [2.45, 2.75) is 13.3 Å². The van der Waals surface area contributed by atoms with Crippen molar-refractivity contribution >= 4 is 17.5 Å². The molecule has 7 heteroatoms. The second-order valence-corrected chi connectivity index (χ2v) is 5.44. The van der Waals surface area contributed by atoms with E-state index >= 15 is 0 Å². The normalized spacial score (nSPS) is 10.2. The summed E-state index contributed by atoms with van der Waals surface area (Å²) in [6.45, 7) is 2.06. The van der Waals surface area contributed by atoms with Gasteiger partial charge in [0.05, 0.1) is 18.8 Å². The minimum Gasteiger partial charge on any atom is -0.507 e. The van der Waals surface area contributed by atoms with Crippen LogP contribution in [-0.4, -0.2) is 41.0 Å². The molecule has 136 valence electrons. The molecule has 0 unspecified atom stereocenters. The Balaban J connectivity index is 1.75. The largest absolute Gasteiger partial charge is 0.507 e. The Morgan fingerprint density at radius 3 is 2.04 bits per heavy atom. The molecule has 7 nitrogen and oxygen atoms in total. The number of phenols is 1. The van der Waals surface area contributed by atoms with E-state index in [2.05, 4.69) is 0 Å². The van der Waals surface area contributed by atoms with Crippen molar-refractivity contribution in [2.24, 2.45) is 0 Å². The molecular formula is C19H18O7. The van der Waals surface area contributed by atoms with Crippen molar-refractivity contribution in [3.05, 3.63) is 53.6 Å². The summed E-state index contributed by atoms with van der Waals surface area (Å²) in [6.07, 6.45) is 0.561. The molecule has 0 aliphatic rings. The van der Waals surface area contributed by atoms with Gasteiger partial charge >= 0.3 is 5.97 Å². The van der Waals surface area contributed by atoms with Crippen LogP contribution in [0.1, 0.15) is 34.1 Å². The van der Waals surface area contributed by atoms with Crippen molar-refractivity contribution < 1.29 is 34.1 Å². The monoisotopic (exact) mass is 358 g/mol. The van der Waals surface area contributed by atoms with E-state index in [4.69, 9.17) is 14.6 Å². The van der Waals surface area contributed by atoms with Crippen molar-refractivity contribution in [3.63, 3.8) is 0 Å². The van der Waals surface area contributed by atoms with Crippen molar-refractivity contribution in [3.8, 4) is 17.2 Å². The molecule has 2 N–H and O–H groups in total. The quantitative estimate of drug-likeness (QED) is 0.403. The highest BCUT2D eigenvalue weighted by Gasteiger charge is 2.13. The summed E-state index contributed by atoms with van der Waals surface area (Å²) in [4.78, 5) is 33.1. The van der Waals surface area contributed by atoms with Crippen molar-refractivity contribution in [1.82, 2.24) is 0 Å². The number of carbonyl (C=O) groups is 3. The molecule has 0 saturated heterocycles. The fourth-order valence-electron chi connectivity index (χ4n) is 2.16. The number of hydrogen-bond donors (Lipinski definition) is 2. The molecule has 0 atom stereocenters. The second-order valence-electron chi connectivity index (χ2n) is 5.44. The first-order valence-corrected chi connectivity index (χ1v) is 7.85. The van der Waals surface area contributed by atoms with Crippen LogP contribution in [0.2, 0.25) is 0 Å². The summed E-state index contributed by atoms with van der Waals surface area (Å²) in [7, 11) is 0. The first-order chi connectivity index (χ1) is 12.4. The number of rotatable bonds is 9. The molecule has 0 heterocycles. The number of carbonyl (C=O) groups excluding carboxylic acids is 2. The first-order valence-electron chi connectivity index (χ1n) is 7.85. The maximum atomic E-state index is 11.3. The number of ether oxygens (including phenoxy) is 2. The van der Waals surface area contributed by atoms with Gasteiger partial charge in [0.1, 0.15) is 17.2 Å². The zero-order valence-corrected chi connectivity index (χ0v) is 14.1. The summed E-state index contributed by atoms with van der Waals surface area (Å²) in [5, 5.41) is 18.4. The number of phenolic OH excluding ortho intramolecular Hbond substituents is 1. The molecule has 0 radical (unpaired) electrons. The SMILES string of the molecule is CC(=O)c1ccc(OCCCOc2ccc(C(=O)C(=O)O)cc2)cc1O. The standard InChI is InChI=1S/C19H18O7/c1-12(20)16-8-7-15(11-17(16)21)26-10-2-9-25-14-5-3-13(4-6-14)18(22)19(23)24/h3-8,11,21H,2,9-10H2,1H3,(H,23,24). The molecule has 2 aromatic rings. The number of ketones is 2. The van der Waals surface area contributed by atoms with Crippen molar-refractivity contribution in [2.75, 3.05) is 13.2 Å². The van der Waals surface area contributed by atoms with Gasteiger partial charge in [0.25, 0.3) is 5.78 Å².